The third kappa shape index (κ3) is 2.87. The number of aromatic nitrogens is 1. The number of H-pyrrole nitrogens is 1. The Kier molecular flexibility index (Phi) is 4.08. The van der Waals surface area contributed by atoms with Crippen LogP contribution in [0, 0.1) is 0 Å². The van der Waals surface area contributed by atoms with Crippen molar-refractivity contribution < 1.29 is 14.6 Å². The summed E-state index contributed by atoms with van der Waals surface area (Å²) in [6.45, 7) is 7.29. The maximum absolute atomic E-state index is 12.6. The molecule has 1 aliphatic rings. The minimum atomic E-state index is 0.268. The molecule has 1 aromatic carbocycles. The Balaban J connectivity index is 1.79. The van der Waals surface area contributed by atoms with Crippen LogP contribution in [0.2, 0.25) is 0 Å². The quantitative estimate of drug-likeness (QED) is 0.641. The SMILES string of the molecule is CCc1cccc2c(C(=O)C[NH+]3CC[NH+](C)CC3)c[nH]c12. The van der Waals surface area contributed by atoms with Crippen LogP contribution >= 0.6 is 0 Å². The van der Waals surface area contributed by atoms with E-state index in [1.54, 1.807) is 4.90 Å². The maximum atomic E-state index is 12.6. The smallest absolute Gasteiger partial charge is 0.219 e. The lowest BCUT2D eigenvalue weighted by Crippen LogP contribution is -3.27. The summed E-state index contributed by atoms with van der Waals surface area (Å²) in [4.78, 5) is 18.9. The van der Waals surface area contributed by atoms with E-state index in [0.717, 1.165) is 49.1 Å². The lowest BCUT2D eigenvalue weighted by atomic mass is 10.0. The van der Waals surface area contributed by atoms with Crippen LogP contribution in [0.15, 0.2) is 24.4 Å². The normalized spacial score (nSPS) is 22.6. The van der Waals surface area contributed by atoms with Crippen molar-refractivity contribution in [3.05, 3.63) is 35.5 Å². The second-order valence-corrected chi connectivity index (χ2v) is 6.20. The van der Waals surface area contributed by atoms with E-state index < -0.39 is 0 Å². The predicted octanol–water partition coefficient (Wildman–Crippen LogP) is -0.674. The van der Waals surface area contributed by atoms with Crippen LogP contribution < -0.4 is 9.80 Å². The van der Waals surface area contributed by atoms with Gasteiger partial charge in [-0.3, -0.25) is 4.79 Å². The molecule has 3 N–H and O–H groups in total. The van der Waals surface area contributed by atoms with E-state index in [2.05, 4.69) is 37.2 Å². The largest absolute Gasteiger partial charge is 0.360 e. The third-order valence-corrected chi connectivity index (χ3v) is 4.70. The summed E-state index contributed by atoms with van der Waals surface area (Å²) in [5.41, 5.74) is 3.27. The highest BCUT2D eigenvalue weighted by atomic mass is 16.1. The van der Waals surface area contributed by atoms with E-state index in [1.807, 2.05) is 6.20 Å². The molecule has 4 heteroatoms. The summed E-state index contributed by atoms with van der Waals surface area (Å²) in [6.07, 6.45) is 2.88. The van der Waals surface area contributed by atoms with Crippen molar-refractivity contribution in [2.24, 2.45) is 0 Å². The summed E-state index contributed by atoms with van der Waals surface area (Å²) in [5.74, 6) is 0.268. The third-order valence-electron chi connectivity index (χ3n) is 4.70. The molecule has 0 spiro atoms. The Morgan fingerprint density at radius 1 is 1.24 bits per heavy atom. The molecular weight excluding hydrogens is 262 g/mol. The molecule has 112 valence electrons. The van der Waals surface area contributed by atoms with Crippen LogP contribution in [0.4, 0.5) is 0 Å². The van der Waals surface area contributed by atoms with Gasteiger partial charge < -0.3 is 14.8 Å². The van der Waals surface area contributed by atoms with Crippen molar-refractivity contribution in [1.82, 2.24) is 4.98 Å². The highest BCUT2D eigenvalue weighted by Crippen LogP contribution is 2.22. The number of ketones is 1. The molecule has 4 nitrogen and oxygen atoms in total. The van der Waals surface area contributed by atoms with Crippen LogP contribution in [0.1, 0.15) is 22.8 Å². The zero-order valence-corrected chi connectivity index (χ0v) is 13.0. The number of hydrogen-bond acceptors (Lipinski definition) is 1. The van der Waals surface area contributed by atoms with Gasteiger partial charge in [0.2, 0.25) is 5.78 Å². The van der Waals surface area contributed by atoms with E-state index in [4.69, 9.17) is 0 Å². The lowest BCUT2D eigenvalue weighted by molar-refractivity contribution is -0.999. The summed E-state index contributed by atoms with van der Waals surface area (Å²) < 4.78 is 0. The molecule has 1 saturated heterocycles. The number of carbonyl (C=O) groups excluding carboxylic acids is 1. The minimum Gasteiger partial charge on any atom is -0.360 e. The molecule has 0 amide bonds. The highest BCUT2D eigenvalue weighted by Gasteiger charge is 2.24. The zero-order valence-electron chi connectivity index (χ0n) is 13.0. The molecule has 0 radical (unpaired) electrons. The van der Waals surface area contributed by atoms with E-state index in [0.29, 0.717) is 6.54 Å². The number of piperazine rings is 1. The van der Waals surface area contributed by atoms with Gasteiger partial charge in [-0.1, -0.05) is 25.1 Å². The number of benzene rings is 1. The predicted molar refractivity (Wildman–Crippen MR) is 84.2 cm³/mol. The van der Waals surface area contributed by atoms with E-state index >= 15 is 0 Å². The Hall–Kier alpha value is -1.65. The molecule has 3 rings (SSSR count). The first-order valence-electron chi connectivity index (χ1n) is 7.96. The molecule has 0 aliphatic carbocycles. The average molecular weight is 287 g/mol. The molecule has 0 atom stereocenters. The molecule has 0 bridgehead atoms. The molecule has 21 heavy (non-hydrogen) atoms. The summed E-state index contributed by atoms with van der Waals surface area (Å²) in [6, 6.07) is 6.24. The number of carbonyl (C=O) groups is 1. The Labute approximate surface area is 125 Å². The van der Waals surface area contributed by atoms with Crippen LogP contribution in [0.3, 0.4) is 0 Å². The standard InChI is InChI=1S/C17H23N3O/c1-3-13-5-4-6-14-15(11-18-17(13)14)16(21)12-20-9-7-19(2)8-10-20/h4-6,11,18H,3,7-10,12H2,1-2H3/p+2. The molecular formula is C17H25N3O+2. The molecule has 1 aromatic heterocycles. The summed E-state index contributed by atoms with van der Waals surface area (Å²) >= 11 is 0. The van der Waals surface area contributed by atoms with Crippen molar-refractivity contribution in [3.8, 4) is 0 Å². The number of Topliss-reactive ketones (excluding diaryl/α,β-unsaturated/α-hetero) is 1. The Bertz CT molecular complexity index is 639. The van der Waals surface area contributed by atoms with Crippen LogP contribution in [0.5, 0.6) is 0 Å². The monoisotopic (exact) mass is 287 g/mol. The minimum absolute atomic E-state index is 0.268. The number of likely N-dealkylation sites (N-methyl/N-ethyl adjacent to an activating group) is 1. The van der Waals surface area contributed by atoms with Gasteiger partial charge in [0.25, 0.3) is 0 Å². The van der Waals surface area contributed by atoms with Crippen molar-refractivity contribution in [2.45, 2.75) is 13.3 Å². The van der Waals surface area contributed by atoms with Gasteiger partial charge >= 0.3 is 0 Å². The van der Waals surface area contributed by atoms with Crippen LogP contribution in [-0.2, 0) is 6.42 Å². The number of para-hydroxylation sites is 1. The average Bonchev–Trinajstić information content (AvgIpc) is 2.93. The van der Waals surface area contributed by atoms with Crippen LogP contribution in [-0.4, -0.2) is 50.5 Å². The number of hydrogen-bond donors (Lipinski definition) is 3. The van der Waals surface area contributed by atoms with Gasteiger partial charge in [-0.15, -0.1) is 0 Å². The second kappa shape index (κ2) is 6.00. The lowest BCUT2D eigenvalue weighted by Gasteiger charge is -2.26. The fourth-order valence-corrected chi connectivity index (χ4v) is 3.27. The fraction of sp³-hybridized carbons (Fsp3) is 0.471. The van der Waals surface area contributed by atoms with E-state index in [9.17, 15) is 4.79 Å². The van der Waals surface area contributed by atoms with Gasteiger partial charge in [0, 0.05) is 22.7 Å². The Morgan fingerprint density at radius 2 is 2.00 bits per heavy atom. The molecule has 2 heterocycles. The van der Waals surface area contributed by atoms with E-state index in [1.165, 1.54) is 10.5 Å². The van der Waals surface area contributed by atoms with E-state index in [-0.39, 0.29) is 5.78 Å². The second-order valence-electron chi connectivity index (χ2n) is 6.20. The van der Waals surface area contributed by atoms with Gasteiger partial charge in [0.05, 0.1) is 7.05 Å². The van der Waals surface area contributed by atoms with Gasteiger partial charge in [0.15, 0.2) is 0 Å². The molecule has 0 saturated carbocycles. The number of fused-ring (bicyclic) bond motifs is 1. The van der Waals surface area contributed by atoms with Crippen molar-refractivity contribution in [1.29, 1.82) is 0 Å². The zero-order chi connectivity index (χ0) is 14.8. The molecule has 1 aliphatic heterocycles. The Morgan fingerprint density at radius 3 is 2.71 bits per heavy atom. The van der Waals surface area contributed by atoms with Crippen molar-refractivity contribution in [3.63, 3.8) is 0 Å². The fourth-order valence-electron chi connectivity index (χ4n) is 3.27. The molecule has 2 aromatic rings. The van der Waals surface area contributed by atoms with Gasteiger partial charge in [-0.05, 0) is 12.0 Å². The van der Waals surface area contributed by atoms with Crippen LogP contribution in [0.25, 0.3) is 10.9 Å². The van der Waals surface area contributed by atoms with Gasteiger partial charge in [-0.2, -0.15) is 0 Å². The number of quaternary nitrogens is 2. The van der Waals surface area contributed by atoms with Gasteiger partial charge in [-0.25, -0.2) is 0 Å². The van der Waals surface area contributed by atoms with Crippen molar-refractivity contribution >= 4 is 16.7 Å². The maximum Gasteiger partial charge on any atom is 0.219 e. The first kappa shape index (κ1) is 14.3. The first-order valence-corrected chi connectivity index (χ1v) is 7.96. The topological polar surface area (TPSA) is 41.7 Å². The van der Waals surface area contributed by atoms with Gasteiger partial charge in [0.1, 0.15) is 32.7 Å². The first-order chi connectivity index (χ1) is 10.2. The summed E-state index contributed by atoms with van der Waals surface area (Å²) in [5, 5.41) is 1.08. The number of nitrogens with one attached hydrogen (secondary N) is 3. The summed E-state index contributed by atoms with van der Waals surface area (Å²) in [7, 11) is 2.23. The highest BCUT2D eigenvalue weighted by molar-refractivity contribution is 6.08. The molecule has 1 fully saturated rings. The number of aryl methyl sites for hydroxylation is 1. The molecule has 0 unspecified atom stereocenters. The van der Waals surface area contributed by atoms with Crippen molar-refractivity contribution in [2.75, 3.05) is 39.8 Å². The number of aromatic amines is 1. The number of rotatable bonds is 4.